The number of rotatable bonds is 7. The Labute approximate surface area is 174 Å². The number of anilines is 1. The second kappa shape index (κ2) is 8.52. The van der Waals surface area contributed by atoms with Gasteiger partial charge in [0, 0.05) is 31.8 Å². The maximum absolute atomic E-state index is 12.8. The number of amides is 2. The molecule has 1 unspecified atom stereocenters. The third-order valence-corrected chi connectivity index (χ3v) is 5.27. The molecule has 8 heteroatoms. The fraction of sp³-hybridized carbons (Fsp3) is 0.364. The first-order valence-corrected chi connectivity index (χ1v) is 9.77. The Hall–Kier alpha value is -3.42. The van der Waals surface area contributed by atoms with Crippen LogP contribution in [-0.2, 0) is 9.59 Å². The summed E-state index contributed by atoms with van der Waals surface area (Å²) in [4.78, 5) is 28.6. The van der Waals surface area contributed by atoms with Crippen LogP contribution in [-0.4, -0.2) is 57.4 Å². The molecule has 2 amide bonds. The normalized spacial score (nSPS) is 17.2. The Kier molecular flexibility index (Phi) is 5.65. The van der Waals surface area contributed by atoms with Crippen LogP contribution >= 0.6 is 0 Å². The number of benzene rings is 2. The van der Waals surface area contributed by atoms with Gasteiger partial charge in [-0.05, 0) is 36.4 Å². The third kappa shape index (κ3) is 4.12. The molecular weight excluding hydrogens is 388 g/mol. The molecule has 4 rings (SSSR count). The lowest BCUT2D eigenvalue weighted by Gasteiger charge is -2.21. The quantitative estimate of drug-likeness (QED) is 0.695. The number of hydrogen-bond donors (Lipinski definition) is 0. The molecule has 0 radical (unpaired) electrons. The highest BCUT2D eigenvalue weighted by molar-refractivity contribution is 6.00. The summed E-state index contributed by atoms with van der Waals surface area (Å²) < 4.78 is 21.5. The lowest BCUT2D eigenvalue weighted by molar-refractivity contribution is -0.134. The van der Waals surface area contributed by atoms with Crippen molar-refractivity contribution in [3.63, 3.8) is 0 Å². The van der Waals surface area contributed by atoms with Gasteiger partial charge in [0.05, 0.1) is 19.6 Å². The highest BCUT2D eigenvalue weighted by Gasteiger charge is 2.37. The number of ether oxygens (including phenoxy) is 4. The number of hydrogen-bond acceptors (Lipinski definition) is 6. The molecule has 1 atom stereocenters. The number of carbonyl (C=O) groups is 2. The Morgan fingerprint density at radius 3 is 2.63 bits per heavy atom. The summed E-state index contributed by atoms with van der Waals surface area (Å²) in [6.07, 6.45) is 0.191. The van der Waals surface area contributed by atoms with E-state index in [1.54, 1.807) is 36.1 Å². The van der Waals surface area contributed by atoms with Crippen LogP contribution in [0.3, 0.4) is 0 Å². The van der Waals surface area contributed by atoms with E-state index in [1.165, 1.54) is 0 Å². The van der Waals surface area contributed by atoms with Crippen LogP contribution in [0.1, 0.15) is 6.42 Å². The van der Waals surface area contributed by atoms with Gasteiger partial charge in [0.15, 0.2) is 11.5 Å². The smallest absolute Gasteiger partial charge is 0.231 e. The lowest BCUT2D eigenvalue weighted by Crippen LogP contribution is -2.37. The summed E-state index contributed by atoms with van der Waals surface area (Å²) in [7, 11) is 3.34. The minimum Gasteiger partial charge on any atom is -0.497 e. The highest BCUT2D eigenvalue weighted by atomic mass is 16.7. The molecule has 8 nitrogen and oxygen atoms in total. The zero-order chi connectivity index (χ0) is 21.1. The summed E-state index contributed by atoms with van der Waals surface area (Å²) in [6, 6.07) is 12.6. The third-order valence-electron chi connectivity index (χ3n) is 5.27. The fourth-order valence-electron chi connectivity index (χ4n) is 3.57. The molecule has 0 bridgehead atoms. The largest absolute Gasteiger partial charge is 0.497 e. The van der Waals surface area contributed by atoms with E-state index >= 15 is 0 Å². The summed E-state index contributed by atoms with van der Waals surface area (Å²) >= 11 is 0. The first-order valence-electron chi connectivity index (χ1n) is 9.77. The van der Waals surface area contributed by atoms with Crippen molar-refractivity contribution in [2.45, 2.75) is 6.42 Å². The Morgan fingerprint density at radius 2 is 1.87 bits per heavy atom. The molecule has 1 saturated heterocycles. The van der Waals surface area contributed by atoms with E-state index in [0.717, 1.165) is 5.75 Å². The molecule has 0 aliphatic carbocycles. The van der Waals surface area contributed by atoms with Gasteiger partial charge in [-0.15, -0.1) is 0 Å². The summed E-state index contributed by atoms with van der Waals surface area (Å²) in [5.74, 6) is 2.22. The van der Waals surface area contributed by atoms with Gasteiger partial charge in [-0.2, -0.15) is 0 Å². The van der Waals surface area contributed by atoms with Gasteiger partial charge >= 0.3 is 0 Å². The minimum absolute atomic E-state index is 0.0649. The van der Waals surface area contributed by atoms with Crippen LogP contribution < -0.4 is 23.8 Å². The van der Waals surface area contributed by atoms with Crippen molar-refractivity contribution in [1.82, 2.24) is 4.90 Å². The van der Waals surface area contributed by atoms with Gasteiger partial charge < -0.3 is 28.7 Å². The van der Waals surface area contributed by atoms with Crippen molar-refractivity contribution in [3.8, 4) is 23.0 Å². The number of likely N-dealkylation sites (N-methyl/N-ethyl adjacent to an activating group) is 1. The second-order valence-corrected chi connectivity index (χ2v) is 7.23. The first-order chi connectivity index (χ1) is 14.5. The Balaban J connectivity index is 1.30. The highest BCUT2D eigenvalue weighted by Crippen LogP contribution is 2.37. The van der Waals surface area contributed by atoms with Gasteiger partial charge in [-0.25, -0.2) is 0 Å². The summed E-state index contributed by atoms with van der Waals surface area (Å²) in [6.45, 7) is 1.32. The van der Waals surface area contributed by atoms with Crippen LogP contribution in [0.5, 0.6) is 23.0 Å². The van der Waals surface area contributed by atoms with E-state index in [1.807, 2.05) is 30.3 Å². The van der Waals surface area contributed by atoms with Crippen molar-refractivity contribution < 1.29 is 28.5 Å². The molecule has 0 spiro atoms. The molecule has 0 N–H and O–H groups in total. The molecule has 30 heavy (non-hydrogen) atoms. The van der Waals surface area contributed by atoms with Crippen LogP contribution in [0.4, 0.5) is 5.69 Å². The van der Waals surface area contributed by atoms with Crippen LogP contribution in [0, 0.1) is 5.92 Å². The Morgan fingerprint density at radius 1 is 1.13 bits per heavy atom. The van der Waals surface area contributed by atoms with Crippen molar-refractivity contribution in [2.24, 2.45) is 5.92 Å². The topological polar surface area (TPSA) is 77.5 Å². The van der Waals surface area contributed by atoms with Crippen molar-refractivity contribution in [2.75, 3.05) is 45.5 Å². The van der Waals surface area contributed by atoms with Crippen LogP contribution in [0.15, 0.2) is 42.5 Å². The minimum atomic E-state index is -0.381. The molecular formula is C22H24N2O6. The van der Waals surface area contributed by atoms with E-state index in [2.05, 4.69) is 0 Å². The average molecular weight is 412 g/mol. The molecule has 158 valence electrons. The van der Waals surface area contributed by atoms with E-state index in [0.29, 0.717) is 42.6 Å². The number of carbonyl (C=O) groups excluding carboxylic acids is 2. The van der Waals surface area contributed by atoms with E-state index < -0.39 is 0 Å². The average Bonchev–Trinajstić information content (AvgIpc) is 3.39. The molecule has 2 aromatic rings. The number of methoxy groups -OCH3 is 1. The predicted molar refractivity (Wildman–Crippen MR) is 109 cm³/mol. The lowest BCUT2D eigenvalue weighted by atomic mass is 10.1. The molecule has 2 aromatic carbocycles. The Bertz CT molecular complexity index is 930. The molecule has 2 aliphatic rings. The summed E-state index contributed by atoms with van der Waals surface area (Å²) in [5.41, 5.74) is 0.713. The molecule has 2 aliphatic heterocycles. The van der Waals surface area contributed by atoms with E-state index in [9.17, 15) is 9.59 Å². The van der Waals surface area contributed by atoms with E-state index in [4.69, 9.17) is 18.9 Å². The summed E-state index contributed by atoms with van der Waals surface area (Å²) in [5, 5.41) is 0. The maximum atomic E-state index is 12.8. The monoisotopic (exact) mass is 412 g/mol. The van der Waals surface area contributed by atoms with E-state index in [-0.39, 0.29) is 30.9 Å². The van der Waals surface area contributed by atoms with Gasteiger partial charge in [0.2, 0.25) is 18.6 Å². The van der Waals surface area contributed by atoms with Crippen LogP contribution in [0.25, 0.3) is 0 Å². The predicted octanol–water partition coefficient (Wildman–Crippen LogP) is 2.31. The molecule has 2 heterocycles. The molecule has 0 saturated carbocycles. The van der Waals surface area contributed by atoms with Gasteiger partial charge in [-0.3, -0.25) is 9.59 Å². The zero-order valence-corrected chi connectivity index (χ0v) is 17.0. The standard InChI is InChI=1S/C22H24N2O6/c1-23(9-10-28-18-6-4-17(27-2)5-7-18)22(26)15-11-21(25)24(13-15)16-3-8-19-20(12-16)30-14-29-19/h3-8,12,15H,9-11,13-14H2,1-2H3. The van der Waals surface area contributed by atoms with Crippen LogP contribution in [0.2, 0.25) is 0 Å². The molecule has 0 aromatic heterocycles. The van der Waals surface area contributed by atoms with Gasteiger partial charge in [0.1, 0.15) is 18.1 Å². The van der Waals surface area contributed by atoms with Gasteiger partial charge in [-0.1, -0.05) is 0 Å². The maximum Gasteiger partial charge on any atom is 0.231 e. The van der Waals surface area contributed by atoms with Crippen molar-refractivity contribution in [3.05, 3.63) is 42.5 Å². The zero-order valence-electron chi connectivity index (χ0n) is 17.0. The van der Waals surface area contributed by atoms with Crippen molar-refractivity contribution >= 4 is 17.5 Å². The number of fused-ring (bicyclic) bond motifs is 1. The molecule has 1 fully saturated rings. The van der Waals surface area contributed by atoms with Gasteiger partial charge in [0.25, 0.3) is 0 Å². The van der Waals surface area contributed by atoms with Crippen molar-refractivity contribution in [1.29, 1.82) is 0 Å². The number of nitrogens with zero attached hydrogens (tertiary/aromatic N) is 2. The SMILES string of the molecule is COc1ccc(OCCN(C)C(=O)C2CC(=O)N(c3ccc4c(c3)OCO4)C2)cc1. The fourth-order valence-corrected chi connectivity index (χ4v) is 3.57. The second-order valence-electron chi connectivity index (χ2n) is 7.23. The first kappa shape index (κ1) is 19.9.